The standard InChI is InChI=1S/C26H24N2O3/c1-16-5-9-21(10-6-16)28-25(29)23(19-7-11-22(31-4)12-8-19)24(26(28)30)27-20-14-17(2)13-18(3)15-20/h5-15,27H,1-4H3. The Kier molecular flexibility index (Phi) is 5.34. The van der Waals surface area contributed by atoms with Crippen LogP contribution in [0.1, 0.15) is 22.3 Å². The van der Waals surface area contributed by atoms with Gasteiger partial charge in [0.05, 0.1) is 18.4 Å². The number of imide groups is 1. The van der Waals surface area contributed by atoms with Gasteiger partial charge in [0.1, 0.15) is 11.4 Å². The molecule has 1 heterocycles. The molecule has 0 fully saturated rings. The van der Waals surface area contributed by atoms with Crippen molar-refractivity contribution in [2.45, 2.75) is 20.8 Å². The fourth-order valence-electron chi connectivity index (χ4n) is 3.79. The molecule has 0 spiro atoms. The van der Waals surface area contributed by atoms with Crippen LogP contribution in [0.25, 0.3) is 5.57 Å². The third-order valence-corrected chi connectivity index (χ3v) is 5.25. The second-order valence-corrected chi connectivity index (χ2v) is 7.76. The SMILES string of the molecule is COc1ccc(C2=C(Nc3cc(C)cc(C)c3)C(=O)N(c3ccc(C)cc3)C2=O)cc1. The third-order valence-electron chi connectivity index (χ3n) is 5.25. The zero-order valence-corrected chi connectivity index (χ0v) is 18.0. The molecule has 0 saturated heterocycles. The Morgan fingerprint density at radius 1 is 0.742 bits per heavy atom. The lowest BCUT2D eigenvalue weighted by atomic mass is 10.0. The van der Waals surface area contributed by atoms with Crippen LogP contribution in [0.2, 0.25) is 0 Å². The summed E-state index contributed by atoms with van der Waals surface area (Å²) in [6.45, 7) is 5.96. The second kappa shape index (κ2) is 8.11. The van der Waals surface area contributed by atoms with Crippen molar-refractivity contribution in [3.63, 3.8) is 0 Å². The Labute approximate surface area is 182 Å². The minimum atomic E-state index is -0.376. The molecule has 0 aliphatic carbocycles. The number of rotatable bonds is 5. The van der Waals surface area contributed by atoms with Crippen LogP contribution < -0.4 is 15.0 Å². The average Bonchev–Trinajstić information content (AvgIpc) is 2.98. The van der Waals surface area contributed by atoms with Crippen molar-refractivity contribution in [2.24, 2.45) is 0 Å². The van der Waals surface area contributed by atoms with Crippen LogP contribution in [0, 0.1) is 20.8 Å². The molecular formula is C26H24N2O3. The van der Waals surface area contributed by atoms with Crippen LogP contribution in [0.5, 0.6) is 5.75 Å². The van der Waals surface area contributed by atoms with Crippen molar-refractivity contribution in [1.29, 1.82) is 0 Å². The van der Waals surface area contributed by atoms with Crippen molar-refractivity contribution < 1.29 is 14.3 Å². The van der Waals surface area contributed by atoms with Gasteiger partial charge in [0.15, 0.2) is 0 Å². The van der Waals surface area contributed by atoms with E-state index < -0.39 is 0 Å². The van der Waals surface area contributed by atoms with E-state index in [0.29, 0.717) is 22.6 Å². The van der Waals surface area contributed by atoms with Crippen molar-refractivity contribution in [3.8, 4) is 5.75 Å². The first-order valence-corrected chi connectivity index (χ1v) is 10.1. The number of ether oxygens (including phenoxy) is 1. The first-order valence-electron chi connectivity index (χ1n) is 10.1. The number of carbonyl (C=O) groups excluding carboxylic acids is 2. The Hall–Kier alpha value is -3.86. The van der Waals surface area contributed by atoms with Crippen LogP contribution in [-0.2, 0) is 9.59 Å². The van der Waals surface area contributed by atoms with Gasteiger partial charge in [0.25, 0.3) is 11.8 Å². The molecule has 0 saturated carbocycles. The summed E-state index contributed by atoms with van der Waals surface area (Å²) >= 11 is 0. The number of hydrogen-bond donors (Lipinski definition) is 1. The van der Waals surface area contributed by atoms with Gasteiger partial charge in [-0.2, -0.15) is 0 Å². The molecule has 3 aromatic carbocycles. The molecule has 1 aliphatic rings. The number of hydrogen-bond acceptors (Lipinski definition) is 4. The van der Waals surface area contributed by atoms with Crippen LogP contribution in [0.3, 0.4) is 0 Å². The quantitative estimate of drug-likeness (QED) is 0.598. The van der Waals surface area contributed by atoms with E-state index in [9.17, 15) is 9.59 Å². The monoisotopic (exact) mass is 412 g/mol. The number of benzene rings is 3. The maximum absolute atomic E-state index is 13.5. The summed E-state index contributed by atoms with van der Waals surface area (Å²) in [7, 11) is 1.59. The number of nitrogens with zero attached hydrogens (tertiary/aromatic N) is 1. The number of carbonyl (C=O) groups is 2. The summed E-state index contributed by atoms with van der Waals surface area (Å²) in [5.74, 6) is -0.0509. The molecule has 1 N–H and O–H groups in total. The normalized spacial score (nSPS) is 13.7. The van der Waals surface area contributed by atoms with Crippen LogP contribution >= 0.6 is 0 Å². The topological polar surface area (TPSA) is 58.6 Å². The summed E-state index contributed by atoms with van der Waals surface area (Å²) in [6, 6.07) is 20.5. The van der Waals surface area contributed by atoms with Gasteiger partial charge in [-0.1, -0.05) is 35.9 Å². The minimum absolute atomic E-state index is 0.265. The lowest BCUT2D eigenvalue weighted by Crippen LogP contribution is -2.32. The molecule has 5 heteroatoms. The maximum Gasteiger partial charge on any atom is 0.282 e. The molecule has 0 unspecified atom stereocenters. The number of methoxy groups -OCH3 is 1. The molecule has 3 aromatic rings. The van der Waals surface area contributed by atoms with Gasteiger partial charge < -0.3 is 10.1 Å². The zero-order chi connectivity index (χ0) is 22.1. The molecule has 0 bridgehead atoms. The Morgan fingerprint density at radius 2 is 1.35 bits per heavy atom. The first kappa shape index (κ1) is 20.4. The van der Waals surface area contributed by atoms with Gasteiger partial charge in [-0.15, -0.1) is 0 Å². The van der Waals surface area contributed by atoms with E-state index in [4.69, 9.17) is 4.74 Å². The predicted molar refractivity (Wildman–Crippen MR) is 123 cm³/mol. The van der Waals surface area contributed by atoms with E-state index in [1.165, 1.54) is 4.90 Å². The molecule has 0 atom stereocenters. The minimum Gasteiger partial charge on any atom is -0.497 e. The second-order valence-electron chi connectivity index (χ2n) is 7.76. The van der Waals surface area contributed by atoms with Gasteiger partial charge in [0, 0.05) is 5.69 Å². The van der Waals surface area contributed by atoms with Gasteiger partial charge in [-0.05, 0) is 73.9 Å². The van der Waals surface area contributed by atoms with Crippen LogP contribution in [0.4, 0.5) is 11.4 Å². The van der Waals surface area contributed by atoms with Gasteiger partial charge in [0.2, 0.25) is 0 Å². The maximum atomic E-state index is 13.5. The van der Waals surface area contributed by atoms with Crippen molar-refractivity contribution >= 4 is 28.8 Å². The molecular weight excluding hydrogens is 388 g/mol. The zero-order valence-electron chi connectivity index (χ0n) is 18.0. The van der Waals surface area contributed by atoms with Gasteiger partial charge >= 0.3 is 0 Å². The first-order chi connectivity index (χ1) is 14.9. The van der Waals surface area contributed by atoms with E-state index >= 15 is 0 Å². The largest absolute Gasteiger partial charge is 0.497 e. The summed E-state index contributed by atoms with van der Waals surface area (Å²) in [5, 5.41) is 3.23. The molecule has 0 aromatic heterocycles. The summed E-state index contributed by atoms with van der Waals surface area (Å²) < 4.78 is 5.24. The van der Waals surface area contributed by atoms with Crippen molar-refractivity contribution in [1.82, 2.24) is 0 Å². The average molecular weight is 412 g/mol. The van der Waals surface area contributed by atoms with Crippen molar-refractivity contribution in [2.75, 3.05) is 17.3 Å². The van der Waals surface area contributed by atoms with E-state index in [2.05, 4.69) is 11.4 Å². The number of anilines is 2. The molecule has 2 amide bonds. The molecule has 4 rings (SSSR count). The van der Waals surface area contributed by atoms with Crippen LogP contribution in [0.15, 0.2) is 72.4 Å². The number of aryl methyl sites for hydroxylation is 3. The van der Waals surface area contributed by atoms with Crippen molar-refractivity contribution in [3.05, 3.63) is 94.7 Å². The van der Waals surface area contributed by atoms with Crippen LogP contribution in [-0.4, -0.2) is 18.9 Å². The highest BCUT2D eigenvalue weighted by Crippen LogP contribution is 2.34. The highest BCUT2D eigenvalue weighted by molar-refractivity contribution is 6.46. The molecule has 1 aliphatic heterocycles. The lowest BCUT2D eigenvalue weighted by molar-refractivity contribution is -0.120. The summed E-state index contributed by atoms with van der Waals surface area (Å²) in [4.78, 5) is 28.1. The fraction of sp³-hybridized carbons (Fsp3) is 0.154. The van der Waals surface area contributed by atoms with E-state index in [1.807, 2.05) is 45.0 Å². The fourth-order valence-corrected chi connectivity index (χ4v) is 3.79. The Morgan fingerprint density at radius 3 is 1.94 bits per heavy atom. The van der Waals surface area contributed by atoms with E-state index in [-0.39, 0.29) is 17.5 Å². The smallest absolute Gasteiger partial charge is 0.282 e. The van der Waals surface area contributed by atoms with E-state index in [1.54, 1.807) is 43.5 Å². The highest BCUT2D eigenvalue weighted by Gasteiger charge is 2.40. The Bertz CT molecular complexity index is 1170. The Balaban J connectivity index is 1.82. The van der Waals surface area contributed by atoms with E-state index in [0.717, 1.165) is 22.4 Å². The summed E-state index contributed by atoms with van der Waals surface area (Å²) in [5.41, 5.74) is 5.77. The van der Waals surface area contributed by atoms with Gasteiger partial charge in [-0.25, -0.2) is 4.90 Å². The molecule has 5 nitrogen and oxygen atoms in total. The molecule has 31 heavy (non-hydrogen) atoms. The lowest BCUT2D eigenvalue weighted by Gasteiger charge is -2.16. The van der Waals surface area contributed by atoms with Gasteiger partial charge in [-0.3, -0.25) is 9.59 Å². The summed E-state index contributed by atoms with van der Waals surface area (Å²) in [6.07, 6.45) is 0. The number of amides is 2. The number of nitrogens with one attached hydrogen (secondary N) is 1. The third kappa shape index (κ3) is 3.94. The molecule has 0 radical (unpaired) electrons. The highest BCUT2D eigenvalue weighted by atomic mass is 16.5. The predicted octanol–water partition coefficient (Wildman–Crippen LogP) is 5.02. The molecule has 156 valence electrons.